The summed E-state index contributed by atoms with van der Waals surface area (Å²) in [7, 11) is 0. The van der Waals surface area contributed by atoms with E-state index in [0.717, 1.165) is 18.8 Å². The zero-order chi connectivity index (χ0) is 18.7. The molecular weight excluding hydrogens is 314 g/mol. The summed E-state index contributed by atoms with van der Waals surface area (Å²) in [5, 5.41) is 7.24. The summed E-state index contributed by atoms with van der Waals surface area (Å²) >= 11 is 0. The highest BCUT2D eigenvalue weighted by atomic mass is 16.5. The third-order valence-corrected chi connectivity index (χ3v) is 5.25. The van der Waals surface area contributed by atoms with Crippen molar-refractivity contribution in [1.82, 2.24) is 15.5 Å². The Morgan fingerprint density at radius 1 is 1.16 bits per heavy atom. The average Bonchev–Trinajstić information content (AvgIpc) is 3.04. The Hall–Kier alpha value is -1.39. The molecule has 1 aromatic heterocycles. The molecular formula is C20H35N3O2. The zero-order valence-electron chi connectivity index (χ0n) is 16.8. The Kier molecular flexibility index (Phi) is 6.28. The molecule has 0 aliphatic heterocycles. The lowest BCUT2D eigenvalue weighted by Crippen LogP contribution is -2.45. The van der Waals surface area contributed by atoms with E-state index in [2.05, 4.69) is 22.4 Å². The van der Waals surface area contributed by atoms with Gasteiger partial charge in [0.05, 0.1) is 5.54 Å². The molecule has 0 saturated heterocycles. The second-order valence-corrected chi connectivity index (χ2v) is 9.15. The van der Waals surface area contributed by atoms with Crippen molar-refractivity contribution in [2.24, 2.45) is 11.8 Å². The van der Waals surface area contributed by atoms with Crippen LogP contribution < -0.4 is 5.32 Å². The molecule has 2 rings (SSSR count). The van der Waals surface area contributed by atoms with Crippen molar-refractivity contribution in [3.63, 3.8) is 0 Å². The Labute approximate surface area is 152 Å². The van der Waals surface area contributed by atoms with E-state index in [0.29, 0.717) is 11.7 Å². The fraction of sp³-hybridized carbons (Fsp3) is 0.850. The zero-order valence-corrected chi connectivity index (χ0v) is 16.8. The molecule has 0 aromatic carbocycles. The highest BCUT2D eigenvalue weighted by molar-refractivity contribution is 5.79. The van der Waals surface area contributed by atoms with Gasteiger partial charge in [-0.2, -0.15) is 4.98 Å². The summed E-state index contributed by atoms with van der Waals surface area (Å²) in [5.74, 6) is 2.19. The number of nitrogens with one attached hydrogen (secondary N) is 1. The summed E-state index contributed by atoms with van der Waals surface area (Å²) in [6.45, 7) is 12.2. The lowest BCUT2D eigenvalue weighted by atomic mass is 9.79. The van der Waals surface area contributed by atoms with Gasteiger partial charge in [0, 0.05) is 11.3 Å². The van der Waals surface area contributed by atoms with Gasteiger partial charge in [0.2, 0.25) is 11.8 Å². The first kappa shape index (κ1) is 19.9. The highest BCUT2D eigenvalue weighted by Crippen LogP contribution is 2.33. The van der Waals surface area contributed by atoms with E-state index < -0.39 is 5.54 Å². The number of unbranched alkanes of at least 4 members (excludes halogenated alkanes) is 1. The minimum Gasteiger partial charge on any atom is -0.344 e. The van der Waals surface area contributed by atoms with Gasteiger partial charge in [0.25, 0.3) is 0 Å². The number of rotatable bonds is 6. The van der Waals surface area contributed by atoms with Crippen molar-refractivity contribution in [3.05, 3.63) is 11.7 Å². The molecule has 0 bridgehead atoms. The molecule has 0 radical (unpaired) electrons. The van der Waals surface area contributed by atoms with E-state index in [9.17, 15) is 4.79 Å². The maximum absolute atomic E-state index is 12.7. The van der Waals surface area contributed by atoms with Crippen molar-refractivity contribution in [2.75, 3.05) is 0 Å². The molecule has 1 amide bonds. The molecule has 1 N–H and O–H groups in total. The maximum Gasteiger partial charge on any atom is 0.232 e. The van der Waals surface area contributed by atoms with Crippen LogP contribution in [0.2, 0.25) is 0 Å². The van der Waals surface area contributed by atoms with Gasteiger partial charge in [-0.1, -0.05) is 52.1 Å². The number of carbonyl (C=O) groups is 1. The fourth-order valence-corrected chi connectivity index (χ4v) is 3.45. The Bertz CT molecular complexity index is 564. The number of hydrogen-bond acceptors (Lipinski definition) is 4. The predicted molar refractivity (Wildman–Crippen MR) is 99.1 cm³/mol. The first-order chi connectivity index (χ1) is 11.6. The molecule has 25 heavy (non-hydrogen) atoms. The van der Waals surface area contributed by atoms with E-state index >= 15 is 0 Å². The van der Waals surface area contributed by atoms with Crippen LogP contribution in [-0.2, 0) is 15.7 Å². The van der Waals surface area contributed by atoms with Gasteiger partial charge < -0.3 is 9.84 Å². The van der Waals surface area contributed by atoms with Crippen molar-refractivity contribution in [2.45, 2.75) is 97.4 Å². The topological polar surface area (TPSA) is 68.0 Å². The quantitative estimate of drug-likeness (QED) is 0.807. The second-order valence-electron chi connectivity index (χ2n) is 9.15. The van der Waals surface area contributed by atoms with Crippen LogP contribution in [0.25, 0.3) is 0 Å². The molecule has 1 saturated carbocycles. The number of nitrogens with zero attached hydrogens (tertiary/aromatic N) is 2. The summed E-state index contributed by atoms with van der Waals surface area (Å²) in [5.41, 5.74) is -0.814. The van der Waals surface area contributed by atoms with E-state index in [1.165, 1.54) is 32.1 Å². The van der Waals surface area contributed by atoms with Gasteiger partial charge in [-0.15, -0.1) is 0 Å². The minimum absolute atomic E-state index is 0.117. The molecule has 142 valence electrons. The number of aromatic nitrogens is 2. The van der Waals surface area contributed by atoms with Gasteiger partial charge in [-0.3, -0.25) is 4.79 Å². The largest absolute Gasteiger partial charge is 0.344 e. The predicted octanol–water partition coefficient (Wildman–Crippen LogP) is 4.72. The molecule has 0 unspecified atom stereocenters. The summed E-state index contributed by atoms with van der Waals surface area (Å²) in [6.07, 6.45) is 8.22. The molecule has 5 heteroatoms. The smallest absolute Gasteiger partial charge is 0.232 e. The lowest BCUT2D eigenvalue weighted by Gasteiger charge is -2.30. The summed E-state index contributed by atoms with van der Waals surface area (Å²) in [4.78, 5) is 17.2. The van der Waals surface area contributed by atoms with E-state index in [1.54, 1.807) is 0 Å². The Balaban J connectivity index is 1.92. The molecule has 1 aliphatic carbocycles. The van der Waals surface area contributed by atoms with Crippen LogP contribution in [0.4, 0.5) is 0 Å². The van der Waals surface area contributed by atoms with Crippen molar-refractivity contribution < 1.29 is 9.32 Å². The average molecular weight is 350 g/mol. The normalized spacial score (nSPS) is 22.0. The standard InChI is InChI=1S/C20H35N3O2/c1-7-8-9-14-10-12-15(13-11-14)16(24)22-20(5,6)17-21-18(25-23-17)19(2,3)4/h14-15H,7-13H2,1-6H3,(H,22,24). The second kappa shape index (κ2) is 7.88. The SMILES string of the molecule is CCCCC1CCC(C(=O)NC(C)(C)c2noc(C(C)(C)C)n2)CC1. The molecule has 0 atom stereocenters. The summed E-state index contributed by atoms with van der Waals surface area (Å²) in [6, 6.07) is 0. The Morgan fingerprint density at radius 2 is 1.80 bits per heavy atom. The van der Waals surface area contributed by atoms with Gasteiger partial charge in [0.1, 0.15) is 0 Å². The van der Waals surface area contributed by atoms with Gasteiger partial charge >= 0.3 is 0 Å². The maximum atomic E-state index is 12.7. The third-order valence-electron chi connectivity index (χ3n) is 5.25. The fourth-order valence-electron chi connectivity index (χ4n) is 3.45. The van der Waals surface area contributed by atoms with Gasteiger partial charge in [-0.25, -0.2) is 0 Å². The van der Waals surface area contributed by atoms with Crippen LogP contribution in [0.1, 0.15) is 98.2 Å². The van der Waals surface area contributed by atoms with E-state index in [-0.39, 0.29) is 17.2 Å². The minimum atomic E-state index is -0.622. The third kappa shape index (κ3) is 5.29. The molecule has 1 aromatic rings. The molecule has 0 spiro atoms. The monoisotopic (exact) mass is 349 g/mol. The Morgan fingerprint density at radius 3 is 2.32 bits per heavy atom. The summed E-state index contributed by atoms with van der Waals surface area (Å²) < 4.78 is 5.38. The van der Waals surface area contributed by atoms with Crippen LogP contribution >= 0.6 is 0 Å². The molecule has 1 heterocycles. The highest BCUT2D eigenvalue weighted by Gasteiger charge is 2.34. The molecule has 1 fully saturated rings. The molecule has 1 aliphatic rings. The first-order valence-electron chi connectivity index (χ1n) is 9.80. The lowest BCUT2D eigenvalue weighted by molar-refractivity contribution is -0.128. The number of amides is 1. The van der Waals surface area contributed by atoms with E-state index in [1.807, 2.05) is 34.6 Å². The van der Waals surface area contributed by atoms with E-state index in [4.69, 9.17) is 4.52 Å². The first-order valence-corrected chi connectivity index (χ1v) is 9.80. The van der Waals surface area contributed by atoms with Crippen molar-refractivity contribution >= 4 is 5.91 Å². The molecule has 5 nitrogen and oxygen atoms in total. The van der Waals surface area contributed by atoms with Crippen molar-refractivity contribution in [3.8, 4) is 0 Å². The van der Waals surface area contributed by atoms with Crippen molar-refractivity contribution in [1.29, 1.82) is 0 Å². The van der Waals surface area contributed by atoms with Crippen LogP contribution in [0.15, 0.2) is 4.52 Å². The van der Waals surface area contributed by atoms with Crippen LogP contribution in [0.5, 0.6) is 0 Å². The number of hydrogen-bond donors (Lipinski definition) is 1. The van der Waals surface area contributed by atoms with Crippen LogP contribution in [0.3, 0.4) is 0 Å². The van der Waals surface area contributed by atoms with Gasteiger partial charge in [0.15, 0.2) is 5.82 Å². The number of carbonyl (C=O) groups excluding carboxylic acids is 1. The van der Waals surface area contributed by atoms with Gasteiger partial charge in [-0.05, 0) is 45.4 Å². The van der Waals surface area contributed by atoms with Crippen LogP contribution in [0, 0.1) is 11.8 Å². The van der Waals surface area contributed by atoms with Crippen LogP contribution in [-0.4, -0.2) is 16.0 Å².